The molecule has 112 valence electrons. The molecule has 2 N–H and O–H groups in total. The normalized spacial score (nSPS) is 10.2. The Morgan fingerprint density at radius 2 is 1.95 bits per heavy atom. The zero-order valence-corrected chi connectivity index (χ0v) is 13.2. The van der Waals surface area contributed by atoms with Gasteiger partial charge in [-0.2, -0.15) is 0 Å². The van der Waals surface area contributed by atoms with Gasteiger partial charge in [-0.15, -0.1) is 11.3 Å². The van der Waals surface area contributed by atoms with Gasteiger partial charge in [0.15, 0.2) is 0 Å². The summed E-state index contributed by atoms with van der Waals surface area (Å²) in [5.74, 6) is 0. The third kappa shape index (κ3) is 5.11. The van der Waals surface area contributed by atoms with Crippen molar-refractivity contribution < 1.29 is 4.79 Å². The first kappa shape index (κ1) is 15.4. The van der Waals surface area contributed by atoms with Crippen LogP contribution >= 0.6 is 11.3 Å². The number of benzene rings is 1. The first-order valence-corrected chi connectivity index (χ1v) is 7.88. The van der Waals surface area contributed by atoms with E-state index in [1.54, 1.807) is 0 Å². The van der Waals surface area contributed by atoms with Crippen molar-refractivity contribution in [3.63, 3.8) is 0 Å². The molecule has 0 aliphatic carbocycles. The zero-order chi connectivity index (χ0) is 15.1. The van der Waals surface area contributed by atoms with Crippen molar-refractivity contribution in [3.05, 3.63) is 47.3 Å². The number of thiophene rings is 1. The number of carbonyl (C=O) groups excluding carboxylic acids is 1. The number of hydrogen-bond donors (Lipinski definition) is 2. The molecule has 0 radical (unpaired) electrons. The van der Waals surface area contributed by atoms with E-state index in [0.29, 0.717) is 6.54 Å². The van der Waals surface area contributed by atoms with E-state index < -0.39 is 0 Å². The highest BCUT2D eigenvalue weighted by Crippen LogP contribution is 2.15. The number of nitrogens with one attached hydrogen (secondary N) is 2. The molecule has 0 spiro atoms. The number of carbonyl (C=O) groups is 1. The summed E-state index contributed by atoms with van der Waals surface area (Å²) in [5.41, 5.74) is 2.49. The van der Waals surface area contributed by atoms with Crippen LogP contribution in [0.15, 0.2) is 41.8 Å². The summed E-state index contributed by atoms with van der Waals surface area (Å²) in [6.45, 7) is 0.673. The number of aryl methyl sites for hydroxylation is 1. The standard InChI is InChI=1S/C16H21N3OS/c1-19(2)14-9-7-13(8-10-14)5-3-11-17-16(20)18-15-6-4-12-21-15/h4,6-10,12H,3,5,11H2,1-2H3,(H2,17,18,20). The van der Waals surface area contributed by atoms with Crippen LogP contribution in [0.3, 0.4) is 0 Å². The van der Waals surface area contributed by atoms with Gasteiger partial charge in [0.2, 0.25) is 0 Å². The van der Waals surface area contributed by atoms with Gasteiger partial charge in [0.05, 0.1) is 5.00 Å². The van der Waals surface area contributed by atoms with Gasteiger partial charge in [0.1, 0.15) is 0 Å². The van der Waals surface area contributed by atoms with Crippen LogP contribution in [0.1, 0.15) is 12.0 Å². The van der Waals surface area contributed by atoms with Gasteiger partial charge in [-0.05, 0) is 48.1 Å². The minimum atomic E-state index is -0.139. The Morgan fingerprint density at radius 1 is 1.19 bits per heavy atom. The molecule has 1 aromatic heterocycles. The Bertz CT molecular complexity index is 549. The van der Waals surface area contributed by atoms with Gasteiger partial charge in [0, 0.05) is 26.3 Å². The molecule has 0 aliphatic rings. The van der Waals surface area contributed by atoms with E-state index in [-0.39, 0.29) is 6.03 Å². The van der Waals surface area contributed by atoms with Gasteiger partial charge >= 0.3 is 6.03 Å². The molecule has 0 bridgehead atoms. The van der Waals surface area contributed by atoms with E-state index in [1.807, 2.05) is 31.6 Å². The zero-order valence-electron chi connectivity index (χ0n) is 12.4. The molecule has 2 aromatic rings. The summed E-state index contributed by atoms with van der Waals surface area (Å²) >= 11 is 1.52. The molecule has 1 heterocycles. The van der Waals surface area contributed by atoms with E-state index in [4.69, 9.17) is 0 Å². The Kier molecular flexibility index (Phi) is 5.63. The minimum Gasteiger partial charge on any atom is -0.378 e. The third-order valence-corrected chi connectivity index (χ3v) is 3.92. The van der Waals surface area contributed by atoms with E-state index >= 15 is 0 Å². The lowest BCUT2D eigenvalue weighted by Crippen LogP contribution is -2.29. The largest absolute Gasteiger partial charge is 0.378 e. The van der Waals surface area contributed by atoms with Crippen LogP contribution in [-0.2, 0) is 6.42 Å². The summed E-state index contributed by atoms with van der Waals surface area (Å²) in [6, 6.07) is 12.2. The van der Waals surface area contributed by atoms with Crippen LogP contribution in [0.2, 0.25) is 0 Å². The number of urea groups is 1. The van der Waals surface area contributed by atoms with E-state index in [9.17, 15) is 4.79 Å². The molecule has 1 aromatic carbocycles. The lowest BCUT2D eigenvalue weighted by Gasteiger charge is -2.12. The predicted octanol–water partition coefficient (Wildman–Crippen LogP) is 3.57. The van der Waals surface area contributed by atoms with Crippen molar-refractivity contribution in [2.24, 2.45) is 0 Å². The minimum absolute atomic E-state index is 0.139. The van der Waals surface area contributed by atoms with Crippen molar-refractivity contribution in [3.8, 4) is 0 Å². The molecule has 0 aliphatic heterocycles. The maximum absolute atomic E-state index is 11.6. The fourth-order valence-corrected chi connectivity index (χ4v) is 2.57. The van der Waals surface area contributed by atoms with Crippen LogP contribution < -0.4 is 15.5 Å². The van der Waals surface area contributed by atoms with Crippen molar-refractivity contribution >= 4 is 28.1 Å². The Balaban J connectivity index is 1.66. The molecule has 5 heteroatoms. The number of anilines is 2. The molecule has 2 rings (SSSR count). The summed E-state index contributed by atoms with van der Waals surface area (Å²) in [4.78, 5) is 13.7. The van der Waals surface area contributed by atoms with Crippen molar-refractivity contribution in [1.29, 1.82) is 0 Å². The summed E-state index contributed by atoms with van der Waals surface area (Å²) in [6.07, 6.45) is 1.90. The second-order valence-corrected chi connectivity index (χ2v) is 5.97. The van der Waals surface area contributed by atoms with Crippen LogP contribution in [0.4, 0.5) is 15.5 Å². The molecule has 0 saturated carbocycles. The Labute approximate surface area is 129 Å². The number of amides is 2. The lowest BCUT2D eigenvalue weighted by atomic mass is 10.1. The van der Waals surface area contributed by atoms with Gasteiger partial charge in [-0.1, -0.05) is 12.1 Å². The maximum atomic E-state index is 11.6. The molecule has 21 heavy (non-hydrogen) atoms. The van der Waals surface area contributed by atoms with Crippen molar-refractivity contribution in [2.75, 3.05) is 30.9 Å². The quantitative estimate of drug-likeness (QED) is 0.801. The van der Waals surface area contributed by atoms with Crippen LogP contribution in [0.5, 0.6) is 0 Å². The topological polar surface area (TPSA) is 44.4 Å². The van der Waals surface area contributed by atoms with Crippen molar-refractivity contribution in [1.82, 2.24) is 5.32 Å². The molecular weight excluding hydrogens is 282 g/mol. The summed E-state index contributed by atoms with van der Waals surface area (Å²) in [7, 11) is 4.07. The highest BCUT2D eigenvalue weighted by Gasteiger charge is 2.01. The van der Waals surface area contributed by atoms with E-state index in [1.165, 1.54) is 22.6 Å². The Hall–Kier alpha value is -2.01. The van der Waals surface area contributed by atoms with E-state index in [2.05, 4.69) is 39.8 Å². The first-order chi connectivity index (χ1) is 10.1. The summed E-state index contributed by atoms with van der Waals surface area (Å²) in [5, 5.41) is 8.48. The third-order valence-electron chi connectivity index (χ3n) is 3.14. The lowest BCUT2D eigenvalue weighted by molar-refractivity contribution is 0.252. The first-order valence-electron chi connectivity index (χ1n) is 7.00. The second kappa shape index (κ2) is 7.69. The van der Waals surface area contributed by atoms with Gasteiger partial charge in [-0.25, -0.2) is 4.79 Å². The van der Waals surface area contributed by atoms with Crippen LogP contribution in [0.25, 0.3) is 0 Å². The van der Waals surface area contributed by atoms with Crippen LogP contribution in [0, 0.1) is 0 Å². The monoisotopic (exact) mass is 303 g/mol. The molecule has 0 atom stereocenters. The number of rotatable bonds is 6. The highest BCUT2D eigenvalue weighted by atomic mass is 32.1. The molecular formula is C16H21N3OS. The average molecular weight is 303 g/mol. The molecule has 0 unspecified atom stereocenters. The van der Waals surface area contributed by atoms with Crippen LogP contribution in [-0.4, -0.2) is 26.7 Å². The fourth-order valence-electron chi connectivity index (χ4n) is 1.96. The molecule has 0 fully saturated rings. The van der Waals surface area contributed by atoms with Gasteiger partial charge in [-0.3, -0.25) is 5.32 Å². The molecule has 4 nitrogen and oxygen atoms in total. The smallest absolute Gasteiger partial charge is 0.319 e. The Morgan fingerprint density at radius 3 is 2.57 bits per heavy atom. The van der Waals surface area contributed by atoms with Crippen molar-refractivity contribution in [2.45, 2.75) is 12.8 Å². The fraction of sp³-hybridized carbons (Fsp3) is 0.312. The maximum Gasteiger partial charge on any atom is 0.319 e. The molecule has 2 amide bonds. The predicted molar refractivity (Wildman–Crippen MR) is 90.4 cm³/mol. The number of nitrogens with zero attached hydrogens (tertiary/aromatic N) is 1. The van der Waals surface area contributed by atoms with E-state index in [0.717, 1.165) is 17.8 Å². The average Bonchev–Trinajstić information content (AvgIpc) is 2.97. The van der Waals surface area contributed by atoms with Gasteiger partial charge in [0.25, 0.3) is 0 Å². The second-order valence-electron chi connectivity index (χ2n) is 5.02. The number of hydrogen-bond acceptors (Lipinski definition) is 3. The SMILES string of the molecule is CN(C)c1ccc(CCCNC(=O)Nc2cccs2)cc1. The molecule has 0 saturated heterocycles. The van der Waals surface area contributed by atoms with Gasteiger partial charge < -0.3 is 10.2 Å². The summed E-state index contributed by atoms with van der Waals surface area (Å²) < 4.78 is 0. The highest BCUT2D eigenvalue weighted by molar-refractivity contribution is 7.14.